The normalized spacial score (nSPS) is 10.2. The minimum absolute atomic E-state index is 0.0526. The van der Waals surface area contributed by atoms with Gasteiger partial charge in [-0.3, -0.25) is 14.4 Å². The molecule has 0 heterocycles. The zero-order valence-corrected chi connectivity index (χ0v) is 12.2. The number of amides is 2. The second kappa shape index (κ2) is 8.04. The number of aliphatic carboxylic acids is 1. The van der Waals surface area contributed by atoms with Crippen molar-refractivity contribution < 1.29 is 19.5 Å². The van der Waals surface area contributed by atoms with Crippen molar-refractivity contribution in [3.05, 3.63) is 24.3 Å². The lowest BCUT2D eigenvalue weighted by Crippen LogP contribution is -2.14. The molecule has 0 aliphatic carbocycles. The molecule has 21 heavy (non-hydrogen) atoms. The van der Waals surface area contributed by atoms with Crippen molar-refractivity contribution >= 4 is 29.2 Å². The minimum atomic E-state index is -1.01. The van der Waals surface area contributed by atoms with E-state index in [4.69, 9.17) is 5.11 Å². The van der Waals surface area contributed by atoms with E-state index in [-0.39, 0.29) is 30.6 Å². The zero-order valence-electron chi connectivity index (χ0n) is 12.2. The van der Waals surface area contributed by atoms with Gasteiger partial charge in [0, 0.05) is 24.2 Å². The molecule has 0 saturated carbocycles. The number of hydrogen-bond acceptors (Lipinski definition) is 3. The van der Waals surface area contributed by atoms with E-state index >= 15 is 0 Å². The maximum Gasteiger partial charge on any atom is 0.303 e. The van der Waals surface area contributed by atoms with Crippen LogP contribution in [0.3, 0.4) is 0 Å². The van der Waals surface area contributed by atoms with Crippen molar-refractivity contribution in [1.82, 2.24) is 0 Å². The number of benzene rings is 1. The van der Waals surface area contributed by atoms with E-state index in [0.29, 0.717) is 17.8 Å². The fourth-order valence-electron chi connectivity index (χ4n) is 1.66. The number of anilines is 2. The SMILES string of the molecule is CC(C)CC(=O)Nc1ccc(NC(=O)CCC(=O)O)cc1. The van der Waals surface area contributed by atoms with E-state index in [2.05, 4.69) is 10.6 Å². The number of carbonyl (C=O) groups is 3. The standard InChI is InChI=1S/C15H20N2O4/c1-10(2)9-14(19)17-12-5-3-11(4-6-12)16-13(18)7-8-15(20)21/h3-6,10H,7-9H2,1-2H3,(H,16,18)(H,17,19)(H,20,21). The topological polar surface area (TPSA) is 95.5 Å². The van der Waals surface area contributed by atoms with Gasteiger partial charge in [0.25, 0.3) is 0 Å². The summed E-state index contributed by atoms with van der Waals surface area (Å²) in [5.41, 5.74) is 1.22. The summed E-state index contributed by atoms with van der Waals surface area (Å²) in [6.07, 6.45) is 0.186. The quantitative estimate of drug-likeness (QED) is 0.719. The smallest absolute Gasteiger partial charge is 0.303 e. The van der Waals surface area contributed by atoms with Gasteiger partial charge in [-0.1, -0.05) is 13.8 Å². The molecular formula is C15H20N2O4. The Morgan fingerprint density at radius 2 is 1.43 bits per heavy atom. The highest BCUT2D eigenvalue weighted by molar-refractivity contribution is 5.93. The van der Waals surface area contributed by atoms with Crippen molar-refractivity contribution in [1.29, 1.82) is 0 Å². The maximum absolute atomic E-state index is 11.6. The third kappa shape index (κ3) is 7.10. The summed E-state index contributed by atoms with van der Waals surface area (Å²) in [6, 6.07) is 6.68. The summed E-state index contributed by atoms with van der Waals surface area (Å²) < 4.78 is 0. The molecule has 0 atom stereocenters. The number of hydrogen-bond donors (Lipinski definition) is 3. The van der Waals surface area contributed by atoms with Gasteiger partial charge in [0.15, 0.2) is 0 Å². The lowest BCUT2D eigenvalue weighted by atomic mass is 10.1. The first-order valence-electron chi connectivity index (χ1n) is 6.78. The Balaban J connectivity index is 2.48. The molecule has 0 aromatic heterocycles. The summed E-state index contributed by atoms with van der Waals surface area (Å²) in [6.45, 7) is 3.94. The number of carboxylic acid groups (broad SMARTS) is 1. The number of nitrogens with one attached hydrogen (secondary N) is 2. The second-order valence-corrected chi connectivity index (χ2v) is 5.17. The molecule has 2 amide bonds. The summed E-state index contributed by atoms with van der Waals surface area (Å²) in [5.74, 6) is -1.12. The van der Waals surface area contributed by atoms with Crippen LogP contribution in [0.1, 0.15) is 33.1 Å². The van der Waals surface area contributed by atoms with Crippen LogP contribution in [-0.4, -0.2) is 22.9 Å². The Hall–Kier alpha value is -2.37. The van der Waals surface area contributed by atoms with E-state index in [1.807, 2.05) is 13.8 Å². The Morgan fingerprint density at radius 3 is 1.86 bits per heavy atom. The molecule has 3 N–H and O–H groups in total. The van der Waals surface area contributed by atoms with Crippen molar-refractivity contribution in [3.63, 3.8) is 0 Å². The summed E-state index contributed by atoms with van der Waals surface area (Å²) in [5, 5.41) is 13.9. The molecule has 114 valence electrons. The molecule has 1 aromatic carbocycles. The van der Waals surface area contributed by atoms with E-state index in [1.165, 1.54) is 0 Å². The first-order chi connectivity index (χ1) is 9.86. The van der Waals surface area contributed by atoms with Gasteiger partial charge in [-0.2, -0.15) is 0 Å². The lowest BCUT2D eigenvalue weighted by molar-refractivity contribution is -0.138. The first-order valence-corrected chi connectivity index (χ1v) is 6.78. The molecule has 0 radical (unpaired) electrons. The van der Waals surface area contributed by atoms with Crippen LogP contribution in [0.25, 0.3) is 0 Å². The van der Waals surface area contributed by atoms with Crippen LogP contribution in [0.2, 0.25) is 0 Å². The van der Waals surface area contributed by atoms with Gasteiger partial charge in [0.05, 0.1) is 6.42 Å². The van der Waals surface area contributed by atoms with Crippen LogP contribution < -0.4 is 10.6 Å². The van der Waals surface area contributed by atoms with Gasteiger partial charge < -0.3 is 15.7 Å². The number of carboxylic acids is 1. The fraction of sp³-hybridized carbons (Fsp3) is 0.400. The molecule has 0 aliphatic heterocycles. The minimum Gasteiger partial charge on any atom is -0.481 e. The van der Waals surface area contributed by atoms with Gasteiger partial charge in [-0.25, -0.2) is 0 Å². The Labute approximate surface area is 123 Å². The van der Waals surface area contributed by atoms with E-state index in [9.17, 15) is 14.4 Å². The van der Waals surface area contributed by atoms with Gasteiger partial charge in [-0.15, -0.1) is 0 Å². The highest BCUT2D eigenvalue weighted by atomic mass is 16.4. The Bertz CT molecular complexity index is 509. The van der Waals surface area contributed by atoms with Gasteiger partial charge in [0.1, 0.15) is 0 Å². The lowest BCUT2D eigenvalue weighted by Gasteiger charge is -2.08. The molecule has 1 aromatic rings. The molecule has 0 fully saturated rings. The van der Waals surface area contributed by atoms with Crippen LogP contribution in [0.5, 0.6) is 0 Å². The van der Waals surface area contributed by atoms with Crippen LogP contribution in [0.15, 0.2) is 24.3 Å². The zero-order chi connectivity index (χ0) is 15.8. The summed E-state index contributed by atoms with van der Waals surface area (Å²) in [7, 11) is 0. The van der Waals surface area contributed by atoms with Gasteiger partial charge in [-0.05, 0) is 30.2 Å². The molecule has 0 aliphatic rings. The second-order valence-electron chi connectivity index (χ2n) is 5.17. The van der Waals surface area contributed by atoms with E-state index in [0.717, 1.165) is 0 Å². The molecule has 1 rings (SSSR count). The van der Waals surface area contributed by atoms with Crippen LogP contribution in [0.4, 0.5) is 11.4 Å². The fourth-order valence-corrected chi connectivity index (χ4v) is 1.66. The Morgan fingerprint density at radius 1 is 0.952 bits per heavy atom. The van der Waals surface area contributed by atoms with Crippen LogP contribution >= 0.6 is 0 Å². The average molecular weight is 292 g/mol. The number of rotatable bonds is 7. The Kier molecular flexibility index (Phi) is 6.39. The molecular weight excluding hydrogens is 272 g/mol. The predicted molar refractivity (Wildman–Crippen MR) is 80.0 cm³/mol. The maximum atomic E-state index is 11.6. The third-order valence-electron chi connectivity index (χ3n) is 2.61. The molecule has 0 bridgehead atoms. The van der Waals surface area contributed by atoms with Crippen molar-refractivity contribution in [3.8, 4) is 0 Å². The van der Waals surface area contributed by atoms with Gasteiger partial charge in [0.2, 0.25) is 11.8 Å². The van der Waals surface area contributed by atoms with Crippen molar-refractivity contribution in [2.45, 2.75) is 33.1 Å². The molecule has 6 heteroatoms. The monoisotopic (exact) mass is 292 g/mol. The van der Waals surface area contributed by atoms with Crippen molar-refractivity contribution in [2.24, 2.45) is 5.92 Å². The molecule has 0 spiro atoms. The van der Waals surface area contributed by atoms with Crippen LogP contribution in [-0.2, 0) is 14.4 Å². The highest BCUT2D eigenvalue weighted by Gasteiger charge is 2.07. The van der Waals surface area contributed by atoms with Gasteiger partial charge >= 0.3 is 5.97 Å². The molecule has 0 unspecified atom stereocenters. The van der Waals surface area contributed by atoms with Crippen LogP contribution in [0, 0.1) is 5.92 Å². The largest absolute Gasteiger partial charge is 0.481 e. The molecule has 6 nitrogen and oxygen atoms in total. The van der Waals surface area contributed by atoms with E-state index in [1.54, 1.807) is 24.3 Å². The average Bonchev–Trinajstić information content (AvgIpc) is 2.37. The number of carbonyl (C=O) groups excluding carboxylic acids is 2. The third-order valence-corrected chi connectivity index (χ3v) is 2.61. The summed E-state index contributed by atoms with van der Waals surface area (Å²) >= 11 is 0. The van der Waals surface area contributed by atoms with E-state index < -0.39 is 5.97 Å². The predicted octanol–water partition coefficient (Wildman–Crippen LogP) is 2.47. The molecule has 0 saturated heterocycles. The summed E-state index contributed by atoms with van der Waals surface area (Å²) in [4.78, 5) is 33.4. The highest BCUT2D eigenvalue weighted by Crippen LogP contribution is 2.15. The van der Waals surface area contributed by atoms with Crippen molar-refractivity contribution in [2.75, 3.05) is 10.6 Å². The first kappa shape index (κ1) is 16.7.